The van der Waals surface area contributed by atoms with Crippen molar-refractivity contribution in [2.24, 2.45) is 16.3 Å². The average molecular weight is 231 g/mol. The predicted molar refractivity (Wildman–Crippen MR) is 65.6 cm³/mol. The Labute approximate surface area is 95.7 Å². The molecule has 1 aliphatic rings. The molecule has 0 bridgehead atoms. The summed E-state index contributed by atoms with van der Waals surface area (Å²) >= 11 is 1.88. The minimum atomic E-state index is 0.287. The van der Waals surface area contributed by atoms with E-state index in [0.717, 1.165) is 19.5 Å². The molecule has 5 heteroatoms. The van der Waals surface area contributed by atoms with Crippen molar-refractivity contribution in [1.82, 2.24) is 5.32 Å². The molecule has 0 atom stereocenters. The molecular weight excluding hydrogens is 210 g/mol. The number of nitrogens with one attached hydrogen (secondary N) is 1. The van der Waals surface area contributed by atoms with Crippen molar-refractivity contribution in [1.29, 1.82) is 0 Å². The van der Waals surface area contributed by atoms with Gasteiger partial charge in [-0.1, -0.05) is 5.16 Å². The molecule has 1 rings (SSSR count). The molecular formula is C10H21N3OS. The fraction of sp³-hybridized carbons (Fsp3) is 0.900. The van der Waals surface area contributed by atoms with Crippen molar-refractivity contribution in [3.63, 3.8) is 0 Å². The van der Waals surface area contributed by atoms with Gasteiger partial charge in [0.15, 0.2) is 0 Å². The summed E-state index contributed by atoms with van der Waals surface area (Å²) in [6, 6.07) is 0. The number of hydrogen-bond donors (Lipinski definition) is 3. The molecule has 0 saturated heterocycles. The van der Waals surface area contributed by atoms with Crippen LogP contribution in [0.1, 0.15) is 25.7 Å². The van der Waals surface area contributed by atoms with E-state index < -0.39 is 0 Å². The lowest BCUT2D eigenvalue weighted by Crippen LogP contribution is -2.29. The molecule has 4 nitrogen and oxygen atoms in total. The van der Waals surface area contributed by atoms with Crippen LogP contribution in [0.4, 0.5) is 0 Å². The molecule has 88 valence electrons. The van der Waals surface area contributed by atoms with E-state index in [1.807, 2.05) is 11.8 Å². The van der Waals surface area contributed by atoms with Crippen LogP contribution in [0.5, 0.6) is 0 Å². The number of nitrogens with zero attached hydrogens (tertiary/aromatic N) is 1. The standard InChI is InChI=1S/C10H21N3OS/c1-15-6-2-5-12-8-10(3-4-10)7-9(11)13-14/h12,14H,2-8H2,1H3,(H2,11,13). The molecule has 1 fully saturated rings. The van der Waals surface area contributed by atoms with Gasteiger partial charge in [0.25, 0.3) is 0 Å². The van der Waals surface area contributed by atoms with Crippen LogP contribution < -0.4 is 11.1 Å². The first-order valence-corrected chi connectivity index (χ1v) is 6.78. The Kier molecular flexibility index (Phi) is 5.25. The minimum absolute atomic E-state index is 0.287. The summed E-state index contributed by atoms with van der Waals surface area (Å²) in [7, 11) is 0. The van der Waals surface area contributed by atoms with Crippen LogP contribution >= 0.6 is 11.8 Å². The van der Waals surface area contributed by atoms with Crippen molar-refractivity contribution in [2.75, 3.05) is 25.1 Å². The lowest BCUT2D eigenvalue weighted by Gasteiger charge is -2.14. The van der Waals surface area contributed by atoms with Gasteiger partial charge in [-0.05, 0) is 43.2 Å². The predicted octanol–water partition coefficient (Wildman–Crippen LogP) is 1.25. The first kappa shape index (κ1) is 12.6. The third-order valence-corrected chi connectivity index (χ3v) is 3.54. The van der Waals surface area contributed by atoms with Gasteiger partial charge in [0.05, 0.1) is 0 Å². The molecule has 0 unspecified atom stereocenters. The van der Waals surface area contributed by atoms with E-state index in [0.29, 0.717) is 5.84 Å². The highest BCUT2D eigenvalue weighted by molar-refractivity contribution is 7.98. The largest absolute Gasteiger partial charge is 0.409 e. The molecule has 0 aromatic carbocycles. The summed E-state index contributed by atoms with van der Waals surface area (Å²) in [5.41, 5.74) is 5.81. The summed E-state index contributed by atoms with van der Waals surface area (Å²) in [5, 5.41) is 15.0. The first-order valence-electron chi connectivity index (χ1n) is 5.38. The highest BCUT2D eigenvalue weighted by Gasteiger charge is 2.42. The highest BCUT2D eigenvalue weighted by Crippen LogP contribution is 2.48. The first-order chi connectivity index (χ1) is 7.22. The minimum Gasteiger partial charge on any atom is -0.409 e. The molecule has 0 aliphatic heterocycles. The number of oxime groups is 1. The summed E-state index contributed by atoms with van der Waals surface area (Å²) in [6.07, 6.45) is 6.44. The van der Waals surface area contributed by atoms with Crippen LogP contribution in [0.25, 0.3) is 0 Å². The summed E-state index contributed by atoms with van der Waals surface area (Å²) in [6.45, 7) is 2.07. The second-order valence-corrected chi connectivity index (χ2v) is 5.28. The van der Waals surface area contributed by atoms with Crippen LogP contribution in [0, 0.1) is 5.41 Å². The van der Waals surface area contributed by atoms with E-state index in [1.165, 1.54) is 25.0 Å². The Morgan fingerprint density at radius 1 is 1.60 bits per heavy atom. The topological polar surface area (TPSA) is 70.6 Å². The van der Waals surface area contributed by atoms with E-state index in [1.54, 1.807) is 0 Å². The second kappa shape index (κ2) is 6.23. The zero-order valence-electron chi connectivity index (χ0n) is 9.33. The molecule has 0 amide bonds. The van der Waals surface area contributed by atoms with Gasteiger partial charge in [-0.2, -0.15) is 11.8 Å². The SMILES string of the molecule is CSCCCNCC1(CC(N)=NO)CC1. The summed E-state index contributed by atoms with van der Waals surface area (Å²) < 4.78 is 0. The Morgan fingerprint density at radius 2 is 2.33 bits per heavy atom. The van der Waals surface area contributed by atoms with Gasteiger partial charge in [-0.25, -0.2) is 0 Å². The van der Waals surface area contributed by atoms with Crippen molar-refractivity contribution < 1.29 is 5.21 Å². The molecule has 0 spiro atoms. The molecule has 0 heterocycles. The van der Waals surface area contributed by atoms with Gasteiger partial charge in [-0.15, -0.1) is 0 Å². The van der Waals surface area contributed by atoms with Crippen LogP contribution in [0.2, 0.25) is 0 Å². The molecule has 0 radical (unpaired) electrons. The number of amidine groups is 1. The Bertz CT molecular complexity index is 217. The number of rotatable bonds is 8. The van der Waals surface area contributed by atoms with Crippen molar-refractivity contribution in [3.05, 3.63) is 0 Å². The van der Waals surface area contributed by atoms with Crippen molar-refractivity contribution in [2.45, 2.75) is 25.7 Å². The highest BCUT2D eigenvalue weighted by atomic mass is 32.2. The summed E-state index contributed by atoms with van der Waals surface area (Å²) in [4.78, 5) is 0. The van der Waals surface area contributed by atoms with Gasteiger partial charge in [-0.3, -0.25) is 0 Å². The fourth-order valence-electron chi connectivity index (χ4n) is 1.71. The Balaban J connectivity index is 2.09. The van der Waals surface area contributed by atoms with Gasteiger partial charge in [0, 0.05) is 13.0 Å². The fourth-order valence-corrected chi connectivity index (χ4v) is 2.14. The van der Waals surface area contributed by atoms with E-state index in [-0.39, 0.29) is 5.41 Å². The van der Waals surface area contributed by atoms with Crippen LogP contribution in [-0.2, 0) is 0 Å². The van der Waals surface area contributed by atoms with Gasteiger partial charge < -0.3 is 16.3 Å². The van der Waals surface area contributed by atoms with Gasteiger partial charge in [0.2, 0.25) is 0 Å². The molecule has 4 N–H and O–H groups in total. The van der Waals surface area contributed by atoms with Gasteiger partial charge >= 0.3 is 0 Å². The molecule has 0 aromatic rings. The Morgan fingerprint density at radius 3 is 2.87 bits per heavy atom. The van der Waals surface area contributed by atoms with Crippen LogP contribution in [-0.4, -0.2) is 36.1 Å². The third kappa shape index (κ3) is 4.75. The van der Waals surface area contributed by atoms with Crippen molar-refractivity contribution >= 4 is 17.6 Å². The second-order valence-electron chi connectivity index (χ2n) is 4.29. The smallest absolute Gasteiger partial charge is 0.139 e. The van der Waals surface area contributed by atoms with E-state index in [2.05, 4.69) is 16.7 Å². The average Bonchev–Trinajstić information content (AvgIpc) is 2.98. The lowest BCUT2D eigenvalue weighted by atomic mass is 10.0. The zero-order valence-corrected chi connectivity index (χ0v) is 10.1. The van der Waals surface area contributed by atoms with Crippen LogP contribution in [0.15, 0.2) is 5.16 Å². The molecule has 1 aliphatic carbocycles. The van der Waals surface area contributed by atoms with Crippen LogP contribution in [0.3, 0.4) is 0 Å². The van der Waals surface area contributed by atoms with E-state index in [9.17, 15) is 0 Å². The molecule has 0 aromatic heterocycles. The summed E-state index contributed by atoms with van der Waals surface area (Å²) in [5.74, 6) is 1.57. The number of nitrogens with two attached hydrogens (primary N) is 1. The lowest BCUT2D eigenvalue weighted by molar-refractivity contribution is 0.314. The normalized spacial score (nSPS) is 19.1. The zero-order chi connectivity index (χ0) is 11.1. The number of hydrogen-bond acceptors (Lipinski definition) is 4. The van der Waals surface area contributed by atoms with Gasteiger partial charge in [0.1, 0.15) is 5.84 Å². The number of thioether (sulfide) groups is 1. The molecule has 15 heavy (non-hydrogen) atoms. The quantitative estimate of drug-likeness (QED) is 0.193. The third-order valence-electron chi connectivity index (χ3n) is 2.84. The maximum absolute atomic E-state index is 8.51. The maximum Gasteiger partial charge on any atom is 0.139 e. The van der Waals surface area contributed by atoms with E-state index >= 15 is 0 Å². The maximum atomic E-state index is 8.51. The monoisotopic (exact) mass is 231 g/mol. The van der Waals surface area contributed by atoms with E-state index in [4.69, 9.17) is 10.9 Å². The molecule has 1 saturated carbocycles. The Hall–Kier alpha value is -0.420. The van der Waals surface area contributed by atoms with Crippen molar-refractivity contribution in [3.8, 4) is 0 Å².